The number of carbonyl (C=O) groups excluding carboxylic acids is 1. The number of thioether (sulfide) groups is 1. The third kappa shape index (κ3) is 6.27. The molecule has 1 heterocycles. The number of nitrogens with zero attached hydrogens (tertiary/aromatic N) is 1. The molecule has 2 aromatic carbocycles. The maximum absolute atomic E-state index is 12.5. The SMILES string of the molecule is CC(C)(C)NS(=O)(=O)c1cccc(NC(=O)CSCc2nc3ccccc3s2)c1. The first-order valence-electron chi connectivity index (χ1n) is 8.98. The second kappa shape index (κ2) is 8.83. The molecule has 3 rings (SSSR count). The fourth-order valence-electron chi connectivity index (χ4n) is 2.61. The molecular formula is C20H23N3O3S3. The summed E-state index contributed by atoms with van der Waals surface area (Å²) < 4.78 is 28.6. The van der Waals surface area contributed by atoms with Gasteiger partial charge < -0.3 is 5.32 Å². The zero-order valence-corrected chi connectivity index (χ0v) is 18.9. The summed E-state index contributed by atoms with van der Waals surface area (Å²) in [6.07, 6.45) is 0. The lowest BCUT2D eigenvalue weighted by Gasteiger charge is -2.20. The highest BCUT2D eigenvalue weighted by Gasteiger charge is 2.22. The molecule has 0 aliphatic rings. The highest BCUT2D eigenvalue weighted by molar-refractivity contribution is 7.99. The number of nitrogens with one attached hydrogen (secondary N) is 2. The predicted octanol–water partition coefficient (Wildman–Crippen LogP) is 4.25. The largest absolute Gasteiger partial charge is 0.325 e. The molecule has 0 saturated heterocycles. The van der Waals surface area contributed by atoms with Crippen LogP contribution in [0.4, 0.5) is 5.69 Å². The zero-order valence-electron chi connectivity index (χ0n) is 16.4. The number of amides is 1. The number of para-hydroxylation sites is 1. The average Bonchev–Trinajstić information content (AvgIpc) is 3.02. The average molecular weight is 450 g/mol. The van der Waals surface area contributed by atoms with E-state index in [9.17, 15) is 13.2 Å². The molecule has 0 radical (unpaired) electrons. The number of fused-ring (bicyclic) bond motifs is 1. The number of thiazole rings is 1. The molecule has 29 heavy (non-hydrogen) atoms. The van der Waals surface area contributed by atoms with E-state index in [0.717, 1.165) is 15.2 Å². The Morgan fingerprint density at radius 1 is 1.14 bits per heavy atom. The van der Waals surface area contributed by atoms with Crippen LogP contribution in [0.2, 0.25) is 0 Å². The van der Waals surface area contributed by atoms with Gasteiger partial charge in [0.15, 0.2) is 0 Å². The molecule has 1 amide bonds. The van der Waals surface area contributed by atoms with E-state index < -0.39 is 15.6 Å². The smallest absolute Gasteiger partial charge is 0.241 e. The Hall–Kier alpha value is -1.94. The summed E-state index contributed by atoms with van der Waals surface area (Å²) in [5.41, 5.74) is 0.835. The van der Waals surface area contributed by atoms with Crippen molar-refractivity contribution in [3.05, 3.63) is 53.5 Å². The van der Waals surface area contributed by atoms with E-state index in [2.05, 4.69) is 15.0 Å². The van der Waals surface area contributed by atoms with Crippen molar-refractivity contribution < 1.29 is 13.2 Å². The molecule has 3 aromatic rings. The number of hydrogen-bond acceptors (Lipinski definition) is 6. The van der Waals surface area contributed by atoms with Crippen LogP contribution in [-0.4, -0.2) is 30.6 Å². The van der Waals surface area contributed by atoms with Crippen LogP contribution in [0.15, 0.2) is 53.4 Å². The normalized spacial score (nSPS) is 12.2. The van der Waals surface area contributed by atoms with Crippen LogP contribution >= 0.6 is 23.1 Å². The first-order chi connectivity index (χ1) is 13.6. The zero-order chi connectivity index (χ0) is 21.1. The molecular weight excluding hydrogens is 426 g/mol. The van der Waals surface area contributed by atoms with Crippen LogP contribution in [0.1, 0.15) is 25.8 Å². The van der Waals surface area contributed by atoms with Crippen molar-refractivity contribution in [2.45, 2.75) is 37.0 Å². The molecule has 6 nitrogen and oxygen atoms in total. The topological polar surface area (TPSA) is 88.2 Å². The van der Waals surface area contributed by atoms with Crippen molar-refractivity contribution >= 4 is 54.9 Å². The molecule has 0 bridgehead atoms. The number of anilines is 1. The second-order valence-electron chi connectivity index (χ2n) is 7.50. The van der Waals surface area contributed by atoms with Gasteiger partial charge in [0.25, 0.3) is 0 Å². The molecule has 0 saturated carbocycles. The lowest BCUT2D eigenvalue weighted by molar-refractivity contribution is -0.113. The summed E-state index contributed by atoms with van der Waals surface area (Å²) in [4.78, 5) is 16.9. The summed E-state index contributed by atoms with van der Waals surface area (Å²) in [6, 6.07) is 14.2. The third-order valence-electron chi connectivity index (χ3n) is 3.67. The number of sulfonamides is 1. The minimum absolute atomic E-state index is 0.118. The summed E-state index contributed by atoms with van der Waals surface area (Å²) in [7, 11) is -3.66. The summed E-state index contributed by atoms with van der Waals surface area (Å²) >= 11 is 3.10. The van der Waals surface area contributed by atoms with E-state index in [-0.39, 0.29) is 16.6 Å². The van der Waals surface area contributed by atoms with Crippen molar-refractivity contribution in [2.75, 3.05) is 11.1 Å². The molecule has 0 fully saturated rings. The minimum atomic E-state index is -3.66. The molecule has 1 aromatic heterocycles. The van der Waals surface area contributed by atoms with Crippen LogP contribution in [0.25, 0.3) is 10.2 Å². The van der Waals surface area contributed by atoms with E-state index in [4.69, 9.17) is 0 Å². The molecule has 2 N–H and O–H groups in total. The molecule has 0 unspecified atom stereocenters. The van der Waals surface area contributed by atoms with Gasteiger partial charge in [-0.05, 0) is 51.1 Å². The van der Waals surface area contributed by atoms with Crippen LogP contribution in [-0.2, 0) is 20.6 Å². The summed E-state index contributed by atoms with van der Waals surface area (Å²) in [6.45, 7) is 5.33. The van der Waals surface area contributed by atoms with Crippen LogP contribution in [0, 0.1) is 0 Å². The fourth-order valence-corrected chi connectivity index (χ4v) is 5.92. The Labute approximate surface area is 179 Å². The van der Waals surface area contributed by atoms with Gasteiger partial charge in [-0.2, -0.15) is 0 Å². The van der Waals surface area contributed by atoms with Gasteiger partial charge in [0.1, 0.15) is 5.01 Å². The van der Waals surface area contributed by atoms with Crippen LogP contribution < -0.4 is 10.0 Å². The lowest BCUT2D eigenvalue weighted by Crippen LogP contribution is -2.40. The number of hydrogen-bond donors (Lipinski definition) is 2. The van der Waals surface area contributed by atoms with Gasteiger partial charge in [-0.3, -0.25) is 4.79 Å². The lowest BCUT2D eigenvalue weighted by atomic mass is 10.1. The van der Waals surface area contributed by atoms with Crippen LogP contribution in [0.3, 0.4) is 0 Å². The van der Waals surface area contributed by atoms with Crippen molar-refractivity contribution in [2.24, 2.45) is 0 Å². The minimum Gasteiger partial charge on any atom is -0.325 e. The molecule has 154 valence electrons. The Morgan fingerprint density at radius 3 is 2.62 bits per heavy atom. The Bertz CT molecular complexity index is 1090. The van der Waals surface area contributed by atoms with E-state index in [1.807, 2.05) is 24.3 Å². The van der Waals surface area contributed by atoms with Crippen molar-refractivity contribution in [1.82, 2.24) is 9.71 Å². The first kappa shape index (κ1) is 21.8. The van der Waals surface area contributed by atoms with Gasteiger partial charge >= 0.3 is 0 Å². The predicted molar refractivity (Wildman–Crippen MR) is 121 cm³/mol. The molecule has 0 aliphatic carbocycles. The van der Waals surface area contributed by atoms with Crippen molar-refractivity contribution in [3.63, 3.8) is 0 Å². The first-order valence-corrected chi connectivity index (χ1v) is 12.4. The van der Waals surface area contributed by atoms with E-state index in [0.29, 0.717) is 11.4 Å². The van der Waals surface area contributed by atoms with Crippen molar-refractivity contribution in [1.29, 1.82) is 0 Å². The highest BCUT2D eigenvalue weighted by atomic mass is 32.2. The number of rotatable bonds is 7. The number of benzene rings is 2. The molecule has 0 aliphatic heterocycles. The quantitative estimate of drug-likeness (QED) is 0.563. The highest BCUT2D eigenvalue weighted by Crippen LogP contribution is 2.25. The van der Waals surface area contributed by atoms with Gasteiger partial charge in [0.2, 0.25) is 15.9 Å². The third-order valence-corrected chi connectivity index (χ3v) is 7.58. The van der Waals surface area contributed by atoms with Gasteiger partial charge in [0.05, 0.1) is 20.9 Å². The van der Waals surface area contributed by atoms with Crippen LogP contribution in [0.5, 0.6) is 0 Å². The van der Waals surface area contributed by atoms with Gasteiger partial charge in [-0.25, -0.2) is 18.1 Å². The molecule has 0 spiro atoms. The number of carbonyl (C=O) groups is 1. The Balaban J connectivity index is 1.56. The van der Waals surface area contributed by atoms with Crippen molar-refractivity contribution in [3.8, 4) is 0 Å². The fraction of sp³-hybridized carbons (Fsp3) is 0.300. The van der Waals surface area contributed by atoms with E-state index >= 15 is 0 Å². The maximum atomic E-state index is 12.5. The van der Waals surface area contributed by atoms with Gasteiger partial charge in [0, 0.05) is 17.0 Å². The van der Waals surface area contributed by atoms with Gasteiger partial charge in [-0.15, -0.1) is 23.1 Å². The summed E-state index contributed by atoms with van der Waals surface area (Å²) in [5.74, 6) is 0.721. The molecule has 9 heteroatoms. The Morgan fingerprint density at radius 2 is 1.90 bits per heavy atom. The monoisotopic (exact) mass is 449 g/mol. The van der Waals surface area contributed by atoms with E-state index in [1.165, 1.54) is 23.9 Å². The second-order valence-corrected chi connectivity index (χ2v) is 11.3. The Kier molecular flexibility index (Phi) is 6.62. The summed E-state index contributed by atoms with van der Waals surface area (Å²) in [5, 5.41) is 3.74. The van der Waals surface area contributed by atoms with Gasteiger partial charge in [-0.1, -0.05) is 18.2 Å². The maximum Gasteiger partial charge on any atom is 0.241 e. The molecule has 0 atom stereocenters. The van der Waals surface area contributed by atoms with E-state index in [1.54, 1.807) is 44.2 Å². The standard InChI is InChI=1S/C20H23N3O3S3/c1-20(2,3)23-29(25,26)15-8-6-7-14(11-15)21-18(24)12-27-13-19-22-16-9-4-5-10-17(16)28-19/h4-11,23H,12-13H2,1-3H3,(H,21,24). The number of aromatic nitrogens is 1.